The van der Waals surface area contributed by atoms with Gasteiger partial charge in [0.2, 0.25) is 0 Å². The predicted molar refractivity (Wildman–Crippen MR) is 73.8 cm³/mol. The molecule has 18 heavy (non-hydrogen) atoms. The molecule has 0 bridgehead atoms. The van der Waals surface area contributed by atoms with Crippen LogP contribution in [0.1, 0.15) is 51.9 Å². The Morgan fingerprint density at radius 1 is 1.17 bits per heavy atom. The van der Waals surface area contributed by atoms with E-state index in [-0.39, 0.29) is 0 Å². The van der Waals surface area contributed by atoms with Gasteiger partial charge in [-0.3, -0.25) is 0 Å². The van der Waals surface area contributed by atoms with Gasteiger partial charge in [0.1, 0.15) is 0 Å². The van der Waals surface area contributed by atoms with E-state index in [0.717, 1.165) is 26.4 Å². The maximum absolute atomic E-state index is 5.90. The monoisotopic (exact) mass is 255 g/mol. The molecular weight excluding hydrogens is 226 g/mol. The highest BCUT2D eigenvalue weighted by Gasteiger charge is 2.27. The molecule has 2 heterocycles. The minimum Gasteiger partial charge on any atom is -0.381 e. The molecule has 2 rings (SSSR count). The van der Waals surface area contributed by atoms with E-state index >= 15 is 0 Å². The molecule has 0 spiro atoms. The quantitative estimate of drug-likeness (QED) is 0.791. The van der Waals surface area contributed by atoms with E-state index < -0.39 is 0 Å². The lowest BCUT2D eigenvalue weighted by atomic mass is 9.88. The van der Waals surface area contributed by atoms with Crippen LogP contribution in [0, 0.1) is 5.92 Å². The first kappa shape index (κ1) is 14.3. The van der Waals surface area contributed by atoms with Crippen molar-refractivity contribution in [3.05, 3.63) is 0 Å². The average Bonchev–Trinajstić information content (AvgIpc) is 2.45. The maximum atomic E-state index is 5.90. The lowest BCUT2D eigenvalue weighted by Gasteiger charge is -2.34. The Kier molecular flexibility index (Phi) is 6.46. The molecule has 0 aromatic rings. The smallest absolute Gasteiger partial charge is 0.0590 e. The highest BCUT2D eigenvalue weighted by atomic mass is 16.5. The summed E-state index contributed by atoms with van der Waals surface area (Å²) >= 11 is 0. The van der Waals surface area contributed by atoms with Crippen LogP contribution in [-0.4, -0.2) is 38.5 Å². The van der Waals surface area contributed by atoms with Crippen LogP contribution in [0.4, 0.5) is 0 Å². The van der Waals surface area contributed by atoms with E-state index in [4.69, 9.17) is 9.47 Å². The number of rotatable bonds is 6. The first-order valence-electron chi connectivity index (χ1n) is 7.83. The summed E-state index contributed by atoms with van der Waals surface area (Å²) < 4.78 is 11.5. The predicted octanol–water partition coefficient (Wildman–Crippen LogP) is 2.74. The largest absolute Gasteiger partial charge is 0.381 e. The van der Waals surface area contributed by atoms with Crippen LogP contribution in [0.3, 0.4) is 0 Å². The Bertz CT molecular complexity index is 211. The molecule has 0 amide bonds. The fourth-order valence-corrected chi connectivity index (χ4v) is 3.13. The second-order valence-electron chi connectivity index (χ2n) is 5.76. The maximum Gasteiger partial charge on any atom is 0.0590 e. The van der Waals surface area contributed by atoms with Crippen molar-refractivity contribution in [2.45, 2.75) is 64.0 Å². The summed E-state index contributed by atoms with van der Waals surface area (Å²) in [7, 11) is 0. The molecule has 106 valence electrons. The minimum absolute atomic E-state index is 0.482. The van der Waals surface area contributed by atoms with Gasteiger partial charge in [0.15, 0.2) is 0 Å². The summed E-state index contributed by atoms with van der Waals surface area (Å²) in [6, 6.07) is 0.591. The van der Waals surface area contributed by atoms with Gasteiger partial charge < -0.3 is 14.8 Å². The van der Waals surface area contributed by atoms with Gasteiger partial charge in [-0.15, -0.1) is 0 Å². The third-order valence-corrected chi connectivity index (χ3v) is 4.21. The average molecular weight is 255 g/mol. The van der Waals surface area contributed by atoms with Crippen LogP contribution < -0.4 is 5.32 Å². The normalized spacial score (nSPS) is 31.2. The Morgan fingerprint density at radius 2 is 2.11 bits per heavy atom. The van der Waals surface area contributed by atoms with Gasteiger partial charge in [0, 0.05) is 19.3 Å². The highest BCUT2D eigenvalue weighted by molar-refractivity contribution is 4.82. The number of ether oxygens (including phenoxy) is 2. The molecule has 2 aliphatic heterocycles. The molecule has 0 saturated carbocycles. The number of nitrogens with one attached hydrogen (secondary N) is 1. The summed E-state index contributed by atoms with van der Waals surface area (Å²) in [5.41, 5.74) is 0. The zero-order chi connectivity index (χ0) is 12.6. The molecule has 3 unspecified atom stereocenters. The topological polar surface area (TPSA) is 30.5 Å². The molecule has 1 N–H and O–H groups in total. The van der Waals surface area contributed by atoms with Crippen molar-refractivity contribution in [1.29, 1.82) is 0 Å². The molecule has 0 aromatic heterocycles. The summed E-state index contributed by atoms with van der Waals surface area (Å²) in [6.07, 6.45) is 9.23. The molecule has 0 aliphatic carbocycles. The number of hydrogen-bond donors (Lipinski definition) is 1. The van der Waals surface area contributed by atoms with E-state index in [2.05, 4.69) is 12.2 Å². The second-order valence-corrected chi connectivity index (χ2v) is 5.76. The van der Waals surface area contributed by atoms with Gasteiger partial charge in [0.25, 0.3) is 0 Å². The molecule has 2 fully saturated rings. The van der Waals surface area contributed by atoms with Crippen LogP contribution >= 0.6 is 0 Å². The molecule has 0 aromatic carbocycles. The molecular formula is C15H29NO2. The zero-order valence-corrected chi connectivity index (χ0v) is 11.8. The van der Waals surface area contributed by atoms with E-state index in [9.17, 15) is 0 Å². The highest BCUT2D eigenvalue weighted by Crippen LogP contribution is 2.24. The van der Waals surface area contributed by atoms with Crippen LogP contribution in [0.5, 0.6) is 0 Å². The van der Waals surface area contributed by atoms with Crippen molar-refractivity contribution < 1.29 is 9.47 Å². The summed E-state index contributed by atoms with van der Waals surface area (Å²) in [6.45, 7) is 6.21. The summed E-state index contributed by atoms with van der Waals surface area (Å²) in [5.74, 6) is 0.691. The molecule has 0 radical (unpaired) electrons. The molecule has 3 atom stereocenters. The van der Waals surface area contributed by atoms with Crippen molar-refractivity contribution in [1.82, 2.24) is 5.32 Å². The third-order valence-electron chi connectivity index (χ3n) is 4.21. The van der Waals surface area contributed by atoms with Crippen LogP contribution in [-0.2, 0) is 9.47 Å². The van der Waals surface area contributed by atoms with Gasteiger partial charge in [-0.1, -0.05) is 6.92 Å². The fourth-order valence-electron chi connectivity index (χ4n) is 3.13. The van der Waals surface area contributed by atoms with Crippen molar-refractivity contribution in [2.75, 3.05) is 26.4 Å². The SMILES string of the molecule is CCCNC(CC1CCCCO1)C1CCCOC1. The van der Waals surface area contributed by atoms with Crippen LogP contribution in [0.2, 0.25) is 0 Å². The zero-order valence-electron chi connectivity index (χ0n) is 11.8. The van der Waals surface area contributed by atoms with E-state index in [1.165, 1.54) is 44.9 Å². The van der Waals surface area contributed by atoms with Crippen molar-refractivity contribution in [3.8, 4) is 0 Å². The molecule has 3 heteroatoms. The Morgan fingerprint density at radius 3 is 2.78 bits per heavy atom. The molecule has 2 aliphatic rings. The first-order chi connectivity index (χ1) is 8.90. The molecule has 2 saturated heterocycles. The second kappa shape index (κ2) is 8.13. The lowest BCUT2D eigenvalue weighted by Crippen LogP contribution is -2.43. The lowest BCUT2D eigenvalue weighted by molar-refractivity contribution is -0.0133. The van der Waals surface area contributed by atoms with Crippen molar-refractivity contribution in [3.63, 3.8) is 0 Å². The molecule has 3 nitrogen and oxygen atoms in total. The van der Waals surface area contributed by atoms with Gasteiger partial charge in [-0.05, 0) is 57.4 Å². The van der Waals surface area contributed by atoms with Gasteiger partial charge in [-0.2, -0.15) is 0 Å². The van der Waals surface area contributed by atoms with Crippen molar-refractivity contribution in [2.24, 2.45) is 5.92 Å². The summed E-state index contributed by atoms with van der Waals surface area (Å²) in [4.78, 5) is 0. The third kappa shape index (κ3) is 4.52. The Labute approximate surface area is 112 Å². The van der Waals surface area contributed by atoms with Gasteiger partial charge in [0.05, 0.1) is 12.7 Å². The van der Waals surface area contributed by atoms with Gasteiger partial charge in [-0.25, -0.2) is 0 Å². The van der Waals surface area contributed by atoms with Gasteiger partial charge >= 0.3 is 0 Å². The number of hydrogen-bond acceptors (Lipinski definition) is 3. The summed E-state index contributed by atoms with van der Waals surface area (Å²) in [5, 5.41) is 3.73. The Balaban J connectivity index is 1.82. The first-order valence-corrected chi connectivity index (χ1v) is 7.83. The van der Waals surface area contributed by atoms with E-state index in [0.29, 0.717) is 18.1 Å². The standard InChI is InChI=1S/C15H29NO2/c1-2-8-16-15(13-6-5-9-17-12-13)11-14-7-3-4-10-18-14/h13-16H,2-12H2,1H3. The van der Waals surface area contributed by atoms with Crippen molar-refractivity contribution >= 4 is 0 Å². The van der Waals surface area contributed by atoms with E-state index in [1.807, 2.05) is 0 Å². The van der Waals surface area contributed by atoms with Crippen LogP contribution in [0.15, 0.2) is 0 Å². The fraction of sp³-hybridized carbons (Fsp3) is 1.00. The van der Waals surface area contributed by atoms with E-state index in [1.54, 1.807) is 0 Å². The minimum atomic E-state index is 0.482. The van der Waals surface area contributed by atoms with Crippen LogP contribution in [0.25, 0.3) is 0 Å². The Hall–Kier alpha value is -0.120.